The third-order valence-corrected chi connectivity index (χ3v) is 6.16. The molecule has 0 unspecified atom stereocenters. The third-order valence-electron chi connectivity index (χ3n) is 5.26. The SMILES string of the molecule is CCn1c(NNC(=O)c2oc3ccccc3c2CSc2ncccn2)nc2ccccc2c1=O. The molecule has 0 aliphatic rings. The Hall–Kier alpha value is -4.18. The largest absolute Gasteiger partial charge is 0.451 e. The number of carbonyl (C=O) groups is 1. The van der Waals surface area contributed by atoms with Crippen molar-refractivity contribution in [3.8, 4) is 0 Å². The minimum Gasteiger partial charge on any atom is -0.451 e. The van der Waals surface area contributed by atoms with Crippen LogP contribution in [0.15, 0.2) is 81.4 Å². The van der Waals surface area contributed by atoms with Gasteiger partial charge in [0.1, 0.15) is 5.58 Å². The smallest absolute Gasteiger partial charge is 0.305 e. The number of aromatic nitrogens is 4. The van der Waals surface area contributed by atoms with Crippen LogP contribution in [0.5, 0.6) is 0 Å². The van der Waals surface area contributed by atoms with Gasteiger partial charge in [-0.25, -0.2) is 15.0 Å². The average Bonchev–Trinajstić information content (AvgIpc) is 3.25. The molecule has 0 fully saturated rings. The third kappa shape index (κ3) is 4.11. The van der Waals surface area contributed by atoms with Crippen LogP contribution in [0.25, 0.3) is 21.9 Å². The van der Waals surface area contributed by atoms with Gasteiger partial charge < -0.3 is 4.42 Å². The number of hydrazine groups is 1. The summed E-state index contributed by atoms with van der Waals surface area (Å²) in [5.41, 5.74) is 7.12. The first-order chi connectivity index (χ1) is 16.7. The maximum absolute atomic E-state index is 13.1. The van der Waals surface area contributed by atoms with Crippen LogP contribution in [-0.4, -0.2) is 25.4 Å². The quantitative estimate of drug-likeness (QED) is 0.207. The zero-order chi connectivity index (χ0) is 23.5. The van der Waals surface area contributed by atoms with Gasteiger partial charge in [0.2, 0.25) is 5.95 Å². The van der Waals surface area contributed by atoms with Gasteiger partial charge in [0, 0.05) is 35.6 Å². The summed E-state index contributed by atoms with van der Waals surface area (Å²) in [7, 11) is 0. The number of nitrogens with zero attached hydrogens (tertiary/aromatic N) is 4. The minimum atomic E-state index is -0.481. The maximum atomic E-state index is 13.1. The molecule has 34 heavy (non-hydrogen) atoms. The lowest BCUT2D eigenvalue weighted by Gasteiger charge is -2.13. The fourth-order valence-corrected chi connectivity index (χ4v) is 4.48. The maximum Gasteiger partial charge on any atom is 0.305 e. The molecule has 0 spiro atoms. The molecule has 170 valence electrons. The lowest BCUT2D eigenvalue weighted by Crippen LogP contribution is -2.34. The number of carbonyl (C=O) groups excluding carboxylic acids is 1. The number of nitrogens with one attached hydrogen (secondary N) is 2. The van der Waals surface area contributed by atoms with Crippen molar-refractivity contribution in [3.05, 3.63) is 88.7 Å². The molecule has 0 radical (unpaired) electrons. The Morgan fingerprint density at radius 2 is 1.76 bits per heavy atom. The summed E-state index contributed by atoms with van der Waals surface area (Å²) in [6.45, 7) is 2.23. The molecule has 0 bridgehead atoms. The van der Waals surface area contributed by atoms with Gasteiger partial charge in [0.25, 0.3) is 5.56 Å². The van der Waals surface area contributed by atoms with Crippen LogP contribution in [0.4, 0.5) is 5.95 Å². The van der Waals surface area contributed by atoms with E-state index in [1.807, 2.05) is 37.3 Å². The predicted molar refractivity (Wildman–Crippen MR) is 131 cm³/mol. The second kappa shape index (κ2) is 9.36. The van der Waals surface area contributed by atoms with Gasteiger partial charge in [0.15, 0.2) is 10.9 Å². The molecule has 2 aromatic carbocycles. The Labute approximate surface area is 198 Å². The van der Waals surface area contributed by atoms with Crippen molar-refractivity contribution in [2.24, 2.45) is 0 Å². The number of thioether (sulfide) groups is 1. The van der Waals surface area contributed by atoms with Crippen LogP contribution in [0.2, 0.25) is 0 Å². The van der Waals surface area contributed by atoms with Gasteiger partial charge in [0.05, 0.1) is 10.9 Å². The monoisotopic (exact) mass is 472 g/mol. The van der Waals surface area contributed by atoms with E-state index in [-0.39, 0.29) is 17.3 Å². The first-order valence-corrected chi connectivity index (χ1v) is 11.6. The molecule has 1 amide bonds. The summed E-state index contributed by atoms with van der Waals surface area (Å²) in [6.07, 6.45) is 3.34. The second-order valence-electron chi connectivity index (χ2n) is 7.31. The molecule has 5 rings (SSSR count). The molecule has 3 heterocycles. The van der Waals surface area contributed by atoms with Crippen molar-refractivity contribution in [2.75, 3.05) is 5.43 Å². The highest BCUT2D eigenvalue weighted by Gasteiger charge is 2.21. The molecule has 0 atom stereocenters. The van der Waals surface area contributed by atoms with Crippen molar-refractivity contribution >= 4 is 45.5 Å². The Kier molecular flexibility index (Phi) is 5.96. The molecule has 0 saturated carbocycles. The zero-order valence-corrected chi connectivity index (χ0v) is 19.0. The standard InChI is InChI=1S/C24H20N6O3S/c1-2-30-22(32)16-9-3-5-10-18(16)27-23(30)29-28-21(31)20-17(14-34-24-25-12-7-13-26-24)15-8-4-6-11-19(15)33-20/h3-13H,2,14H2,1H3,(H,27,29)(H,28,31). The van der Waals surface area contributed by atoms with Crippen molar-refractivity contribution in [3.63, 3.8) is 0 Å². The van der Waals surface area contributed by atoms with Crippen molar-refractivity contribution in [1.82, 2.24) is 24.9 Å². The fourth-order valence-electron chi connectivity index (χ4n) is 3.65. The van der Waals surface area contributed by atoms with Crippen molar-refractivity contribution in [2.45, 2.75) is 24.4 Å². The fraction of sp³-hybridized carbons (Fsp3) is 0.125. The van der Waals surface area contributed by atoms with Crippen LogP contribution in [0.1, 0.15) is 23.0 Å². The molecule has 0 aliphatic carbocycles. The number of rotatable bonds is 7. The lowest BCUT2D eigenvalue weighted by atomic mass is 10.1. The highest BCUT2D eigenvalue weighted by Crippen LogP contribution is 2.31. The van der Waals surface area contributed by atoms with Gasteiger partial charge >= 0.3 is 5.91 Å². The van der Waals surface area contributed by atoms with E-state index in [2.05, 4.69) is 25.8 Å². The first kappa shape index (κ1) is 21.7. The van der Waals surface area contributed by atoms with E-state index in [0.29, 0.717) is 33.9 Å². The van der Waals surface area contributed by atoms with Crippen LogP contribution < -0.4 is 16.4 Å². The number of furan rings is 1. The van der Waals surface area contributed by atoms with E-state index in [4.69, 9.17) is 4.42 Å². The Morgan fingerprint density at radius 1 is 1.03 bits per heavy atom. The summed E-state index contributed by atoms with van der Waals surface area (Å²) in [5, 5.41) is 1.95. The van der Waals surface area contributed by atoms with Crippen LogP contribution in [0.3, 0.4) is 0 Å². The van der Waals surface area contributed by atoms with Gasteiger partial charge in [-0.15, -0.1) is 0 Å². The number of anilines is 1. The van der Waals surface area contributed by atoms with Gasteiger partial charge in [-0.05, 0) is 31.2 Å². The van der Waals surface area contributed by atoms with E-state index in [1.54, 1.807) is 36.7 Å². The molecule has 9 nitrogen and oxygen atoms in total. The molecule has 3 aromatic heterocycles. The number of hydrogen-bond donors (Lipinski definition) is 2. The Balaban J connectivity index is 1.44. The van der Waals surface area contributed by atoms with Crippen LogP contribution >= 0.6 is 11.8 Å². The van der Waals surface area contributed by atoms with E-state index in [0.717, 1.165) is 10.9 Å². The number of para-hydroxylation sites is 2. The van der Waals surface area contributed by atoms with E-state index in [9.17, 15) is 9.59 Å². The summed E-state index contributed by atoms with van der Waals surface area (Å²) in [4.78, 5) is 38.9. The summed E-state index contributed by atoms with van der Waals surface area (Å²) >= 11 is 1.41. The lowest BCUT2D eigenvalue weighted by molar-refractivity contribution is 0.0936. The Bertz CT molecular complexity index is 1550. The highest BCUT2D eigenvalue weighted by molar-refractivity contribution is 7.98. The van der Waals surface area contributed by atoms with E-state index >= 15 is 0 Å². The molecule has 0 aliphatic heterocycles. The van der Waals surface area contributed by atoms with Gasteiger partial charge in [-0.2, -0.15) is 0 Å². The number of fused-ring (bicyclic) bond motifs is 2. The molecule has 10 heteroatoms. The zero-order valence-electron chi connectivity index (χ0n) is 18.2. The summed E-state index contributed by atoms with van der Waals surface area (Å²) in [6, 6.07) is 16.3. The number of benzene rings is 2. The number of hydrogen-bond acceptors (Lipinski definition) is 8. The topological polar surface area (TPSA) is 115 Å². The van der Waals surface area contributed by atoms with Crippen molar-refractivity contribution < 1.29 is 9.21 Å². The highest BCUT2D eigenvalue weighted by atomic mass is 32.2. The molecular formula is C24H20N6O3S. The molecular weight excluding hydrogens is 452 g/mol. The molecule has 2 N–H and O–H groups in total. The van der Waals surface area contributed by atoms with Gasteiger partial charge in [-0.1, -0.05) is 42.1 Å². The first-order valence-electron chi connectivity index (χ1n) is 10.6. The summed E-state index contributed by atoms with van der Waals surface area (Å²) < 4.78 is 7.36. The van der Waals surface area contributed by atoms with Crippen LogP contribution in [0, 0.1) is 0 Å². The van der Waals surface area contributed by atoms with Crippen molar-refractivity contribution in [1.29, 1.82) is 0 Å². The Morgan fingerprint density at radius 3 is 2.56 bits per heavy atom. The minimum absolute atomic E-state index is 0.170. The summed E-state index contributed by atoms with van der Waals surface area (Å²) in [5.74, 6) is 0.371. The van der Waals surface area contributed by atoms with E-state index in [1.165, 1.54) is 16.3 Å². The predicted octanol–water partition coefficient (Wildman–Crippen LogP) is 4.00. The normalized spacial score (nSPS) is 11.1. The molecule has 5 aromatic rings. The molecule has 0 saturated heterocycles. The van der Waals surface area contributed by atoms with E-state index < -0.39 is 5.91 Å². The average molecular weight is 473 g/mol. The van der Waals surface area contributed by atoms with Crippen LogP contribution in [-0.2, 0) is 12.3 Å². The number of amides is 1. The second-order valence-corrected chi connectivity index (χ2v) is 8.25. The van der Waals surface area contributed by atoms with Gasteiger partial charge in [-0.3, -0.25) is 25.0 Å².